The van der Waals surface area contributed by atoms with E-state index in [2.05, 4.69) is 22.5 Å². The number of hydrogen-bond donors (Lipinski definition) is 2. The second-order valence-corrected chi connectivity index (χ2v) is 8.27. The number of thioether (sulfide) groups is 1. The van der Waals surface area contributed by atoms with Gasteiger partial charge in [-0.05, 0) is 6.42 Å². The molecule has 0 aliphatic carbocycles. The molecule has 21 heavy (non-hydrogen) atoms. The Balaban J connectivity index is 2.26. The fourth-order valence-corrected chi connectivity index (χ4v) is 4.55. The van der Waals surface area contributed by atoms with E-state index in [1.54, 1.807) is 11.4 Å². The molecule has 0 atom stereocenters. The van der Waals surface area contributed by atoms with Crippen molar-refractivity contribution in [2.75, 3.05) is 50.5 Å². The third-order valence-electron chi connectivity index (χ3n) is 3.31. The van der Waals surface area contributed by atoms with Crippen molar-refractivity contribution >= 4 is 27.7 Å². The molecule has 1 rings (SSSR count). The summed E-state index contributed by atoms with van der Waals surface area (Å²) in [5.74, 6) is 2.59. The minimum atomic E-state index is -3.14. The molecule has 1 aliphatic heterocycles. The Hall–Kier alpha value is -0.470. The van der Waals surface area contributed by atoms with Crippen LogP contribution in [0.25, 0.3) is 0 Å². The van der Waals surface area contributed by atoms with Gasteiger partial charge in [0, 0.05) is 44.7 Å². The van der Waals surface area contributed by atoms with Crippen LogP contribution >= 0.6 is 11.8 Å². The van der Waals surface area contributed by atoms with Crippen LogP contribution in [-0.2, 0) is 10.0 Å². The third kappa shape index (κ3) is 7.37. The molecule has 0 aromatic rings. The molecule has 6 nitrogen and oxygen atoms in total. The van der Waals surface area contributed by atoms with Crippen LogP contribution in [0.15, 0.2) is 4.99 Å². The van der Waals surface area contributed by atoms with Crippen LogP contribution in [0.4, 0.5) is 0 Å². The molecular weight excluding hydrogens is 308 g/mol. The first-order valence-electron chi connectivity index (χ1n) is 7.60. The van der Waals surface area contributed by atoms with Gasteiger partial charge < -0.3 is 10.6 Å². The quantitative estimate of drug-likeness (QED) is 0.388. The summed E-state index contributed by atoms with van der Waals surface area (Å²) >= 11 is 1.81. The number of nitrogens with one attached hydrogen (secondary N) is 2. The lowest BCUT2D eigenvalue weighted by atomic mass is 10.2. The van der Waals surface area contributed by atoms with E-state index in [9.17, 15) is 8.42 Å². The largest absolute Gasteiger partial charge is 0.356 e. The fraction of sp³-hybridized carbons (Fsp3) is 0.923. The first kappa shape index (κ1) is 18.6. The van der Waals surface area contributed by atoms with Crippen LogP contribution in [-0.4, -0.2) is 69.2 Å². The summed E-state index contributed by atoms with van der Waals surface area (Å²) in [6, 6.07) is 0. The summed E-state index contributed by atoms with van der Waals surface area (Å²) in [4.78, 5) is 4.10. The topological polar surface area (TPSA) is 73.8 Å². The predicted molar refractivity (Wildman–Crippen MR) is 91.6 cm³/mol. The summed E-state index contributed by atoms with van der Waals surface area (Å²) in [7, 11) is -1.44. The van der Waals surface area contributed by atoms with Crippen molar-refractivity contribution < 1.29 is 8.42 Å². The zero-order valence-corrected chi connectivity index (χ0v) is 14.7. The molecular formula is C13H28N4O2S2. The Morgan fingerprint density at radius 3 is 2.48 bits per heavy atom. The highest BCUT2D eigenvalue weighted by molar-refractivity contribution is 7.99. The third-order valence-corrected chi connectivity index (χ3v) is 6.13. The maximum absolute atomic E-state index is 12.2. The highest BCUT2D eigenvalue weighted by Crippen LogP contribution is 2.12. The van der Waals surface area contributed by atoms with Gasteiger partial charge in [0.1, 0.15) is 0 Å². The Labute approximate surface area is 133 Å². The summed E-state index contributed by atoms with van der Waals surface area (Å²) in [5.41, 5.74) is 0. The van der Waals surface area contributed by atoms with Crippen LogP contribution in [0.1, 0.15) is 26.2 Å². The molecule has 1 saturated heterocycles. The van der Waals surface area contributed by atoms with Crippen molar-refractivity contribution in [3.63, 3.8) is 0 Å². The number of guanidine groups is 1. The van der Waals surface area contributed by atoms with Gasteiger partial charge in [0.15, 0.2) is 5.96 Å². The van der Waals surface area contributed by atoms with Crippen molar-refractivity contribution in [2.45, 2.75) is 26.2 Å². The zero-order chi connectivity index (χ0) is 15.6. The average Bonchev–Trinajstić information content (AvgIpc) is 2.50. The van der Waals surface area contributed by atoms with Crippen LogP contribution < -0.4 is 10.6 Å². The standard InChI is InChI=1S/C13H28N4O2S2/c1-3-4-5-6-15-13(14-2)16-7-12-21(18,19)17-8-10-20-11-9-17/h3-12H2,1-2H3,(H2,14,15,16). The molecule has 2 N–H and O–H groups in total. The van der Waals surface area contributed by atoms with Crippen molar-refractivity contribution in [1.29, 1.82) is 0 Å². The fourth-order valence-electron chi connectivity index (χ4n) is 2.05. The number of sulfonamides is 1. The molecule has 0 aromatic heterocycles. The Kier molecular flexibility index (Phi) is 9.10. The Bertz CT molecular complexity index is 406. The molecule has 0 unspecified atom stereocenters. The van der Waals surface area contributed by atoms with Gasteiger partial charge in [0.25, 0.3) is 0 Å². The highest BCUT2D eigenvalue weighted by Gasteiger charge is 2.23. The van der Waals surface area contributed by atoms with Crippen molar-refractivity contribution in [3.8, 4) is 0 Å². The van der Waals surface area contributed by atoms with Gasteiger partial charge in [0.05, 0.1) is 5.75 Å². The van der Waals surface area contributed by atoms with E-state index >= 15 is 0 Å². The van der Waals surface area contributed by atoms with E-state index in [0.717, 1.165) is 24.5 Å². The molecule has 1 aliphatic rings. The van der Waals surface area contributed by atoms with Gasteiger partial charge in [-0.15, -0.1) is 0 Å². The summed E-state index contributed by atoms with van der Waals surface area (Å²) in [5, 5.41) is 6.27. The molecule has 1 fully saturated rings. The zero-order valence-electron chi connectivity index (χ0n) is 13.1. The monoisotopic (exact) mass is 336 g/mol. The smallest absolute Gasteiger partial charge is 0.215 e. The van der Waals surface area contributed by atoms with E-state index in [1.165, 1.54) is 12.8 Å². The number of rotatable bonds is 8. The van der Waals surface area contributed by atoms with Gasteiger partial charge in [-0.2, -0.15) is 11.8 Å². The molecule has 0 bridgehead atoms. The van der Waals surface area contributed by atoms with E-state index in [4.69, 9.17) is 0 Å². The summed E-state index contributed by atoms with van der Waals surface area (Å²) in [6.45, 7) is 4.69. The molecule has 0 amide bonds. The van der Waals surface area contributed by atoms with Crippen molar-refractivity contribution in [3.05, 3.63) is 0 Å². The second kappa shape index (κ2) is 10.3. The maximum atomic E-state index is 12.2. The normalized spacial score (nSPS) is 17.7. The second-order valence-electron chi connectivity index (χ2n) is 4.96. The van der Waals surface area contributed by atoms with Crippen molar-refractivity contribution in [1.82, 2.24) is 14.9 Å². The van der Waals surface area contributed by atoms with Gasteiger partial charge in [-0.25, -0.2) is 12.7 Å². The van der Waals surface area contributed by atoms with E-state index in [1.807, 2.05) is 11.8 Å². The molecule has 8 heteroatoms. The van der Waals surface area contributed by atoms with Crippen LogP contribution in [0.3, 0.4) is 0 Å². The minimum absolute atomic E-state index is 0.118. The van der Waals surface area contributed by atoms with E-state index < -0.39 is 10.0 Å². The van der Waals surface area contributed by atoms with Crippen LogP contribution in [0.5, 0.6) is 0 Å². The first-order valence-corrected chi connectivity index (χ1v) is 10.4. The molecule has 124 valence electrons. The number of hydrogen-bond acceptors (Lipinski definition) is 4. The Morgan fingerprint density at radius 1 is 1.19 bits per heavy atom. The van der Waals surface area contributed by atoms with Gasteiger partial charge in [0.2, 0.25) is 10.0 Å². The number of unbranched alkanes of at least 4 members (excludes halogenated alkanes) is 2. The van der Waals surface area contributed by atoms with E-state index in [-0.39, 0.29) is 5.75 Å². The van der Waals surface area contributed by atoms with E-state index in [0.29, 0.717) is 25.6 Å². The lowest BCUT2D eigenvalue weighted by Crippen LogP contribution is -2.44. The van der Waals surface area contributed by atoms with Gasteiger partial charge >= 0.3 is 0 Å². The first-order chi connectivity index (χ1) is 10.1. The average molecular weight is 337 g/mol. The maximum Gasteiger partial charge on any atom is 0.215 e. The SMILES string of the molecule is CCCCCNC(=NC)NCCS(=O)(=O)N1CCSCC1. The highest BCUT2D eigenvalue weighted by atomic mass is 32.2. The van der Waals surface area contributed by atoms with Crippen LogP contribution in [0, 0.1) is 0 Å². The summed E-state index contributed by atoms with van der Waals surface area (Å²) in [6.07, 6.45) is 3.46. The molecule has 0 spiro atoms. The van der Waals surface area contributed by atoms with Crippen LogP contribution in [0.2, 0.25) is 0 Å². The molecule has 0 radical (unpaired) electrons. The van der Waals surface area contributed by atoms with Gasteiger partial charge in [-0.3, -0.25) is 4.99 Å². The molecule has 1 heterocycles. The number of aliphatic imine (C=N–C) groups is 1. The molecule has 0 aromatic carbocycles. The van der Waals surface area contributed by atoms with Crippen molar-refractivity contribution in [2.24, 2.45) is 4.99 Å². The lowest BCUT2D eigenvalue weighted by molar-refractivity contribution is 0.443. The summed E-state index contributed by atoms with van der Waals surface area (Å²) < 4.78 is 25.9. The lowest BCUT2D eigenvalue weighted by Gasteiger charge is -2.25. The van der Waals surface area contributed by atoms with Gasteiger partial charge in [-0.1, -0.05) is 19.8 Å². The minimum Gasteiger partial charge on any atom is -0.356 e. The predicted octanol–water partition coefficient (Wildman–Crippen LogP) is 0.720. The molecule has 0 saturated carbocycles. The number of nitrogens with zero attached hydrogens (tertiary/aromatic N) is 2. The Morgan fingerprint density at radius 2 is 1.86 bits per heavy atom.